The smallest absolute Gasteiger partial charge is 0.0171 e. The van der Waals surface area contributed by atoms with Crippen LogP contribution < -0.4 is 5.73 Å². The van der Waals surface area contributed by atoms with Crippen LogP contribution in [-0.4, -0.2) is 30.6 Å². The fourth-order valence-electron chi connectivity index (χ4n) is 4.27. The molecule has 0 spiro atoms. The van der Waals surface area contributed by atoms with Gasteiger partial charge in [-0.25, -0.2) is 0 Å². The zero-order valence-electron chi connectivity index (χ0n) is 12.7. The van der Waals surface area contributed by atoms with E-state index in [0.29, 0.717) is 5.41 Å². The normalized spacial score (nSPS) is 33.5. The topological polar surface area (TPSA) is 29.3 Å². The summed E-state index contributed by atoms with van der Waals surface area (Å²) in [5.41, 5.74) is 7.91. The zero-order chi connectivity index (χ0) is 14.0. The van der Waals surface area contributed by atoms with E-state index in [1.807, 2.05) is 0 Å². The fraction of sp³-hybridized carbons (Fsp3) is 0.667. The van der Waals surface area contributed by atoms with Crippen molar-refractivity contribution in [2.24, 2.45) is 11.1 Å². The van der Waals surface area contributed by atoms with E-state index in [9.17, 15) is 0 Å². The highest BCUT2D eigenvalue weighted by atomic mass is 15.2. The first-order chi connectivity index (χ1) is 9.78. The van der Waals surface area contributed by atoms with Gasteiger partial charge in [0.2, 0.25) is 0 Å². The van der Waals surface area contributed by atoms with E-state index < -0.39 is 0 Å². The lowest BCUT2D eigenvalue weighted by Gasteiger charge is -2.29. The summed E-state index contributed by atoms with van der Waals surface area (Å²) < 4.78 is 0. The molecule has 0 bridgehead atoms. The number of nitrogens with zero attached hydrogens (tertiary/aromatic N) is 1. The summed E-state index contributed by atoms with van der Waals surface area (Å²) >= 11 is 0. The Bertz CT molecular complexity index is 422. The summed E-state index contributed by atoms with van der Waals surface area (Å²) in [5.74, 6) is 0.784. The quantitative estimate of drug-likeness (QED) is 0.860. The average Bonchev–Trinajstić information content (AvgIpc) is 3.17. The summed E-state index contributed by atoms with van der Waals surface area (Å²) in [7, 11) is 0. The largest absolute Gasteiger partial charge is 0.330 e. The Morgan fingerprint density at radius 3 is 2.75 bits per heavy atom. The molecule has 2 nitrogen and oxygen atoms in total. The van der Waals surface area contributed by atoms with E-state index in [2.05, 4.69) is 42.2 Å². The van der Waals surface area contributed by atoms with Gasteiger partial charge in [-0.2, -0.15) is 0 Å². The molecule has 110 valence electrons. The fourth-order valence-corrected chi connectivity index (χ4v) is 4.27. The highest BCUT2D eigenvalue weighted by Gasteiger charge is 2.48. The number of hydrogen-bond donors (Lipinski definition) is 1. The lowest BCUT2D eigenvalue weighted by molar-refractivity contribution is 0.220. The first-order valence-electron chi connectivity index (χ1n) is 8.27. The van der Waals surface area contributed by atoms with Crippen LogP contribution in [0.3, 0.4) is 0 Å². The minimum absolute atomic E-state index is 0.521. The lowest BCUT2D eigenvalue weighted by atomic mass is 9.79. The van der Waals surface area contributed by atoms with Gasteiger partial charge in [-0.05, 0) is 49.8 Å². The molecule has 0 radical (unpaired) electrons. The molecular weight excluding hydrogens is 244 g/mol. The highest BCUT2D eigenvalue weighted by Crippen LogP contribution is 2.49. The van der Waals surface area contributed by atoms with E-state index in [0.717, 1.165) is 18.5 Å². The summed E-state index contributed by atoms with van der Waals surface area (Å²) in [6, 6.07) is 11.8. The van der Waals surface area contributed by atoms with E-state index in [1.165, 1.54) is 50.8 Å². The number of nitrogens with two attached hydrogens (primary N) is 1. The van der Waals surface area contributed by atoms with Crippen molar-refractivity contribution in [2.45, 2.75) is 51.0 Å². The van der Waals surface area contributed by atoms with E-state index in [-0.39, 0.29) is 0 Å². The summed E-state index contributed by atoms with van der Waals surface area (Å²) in [4.78, 5) is 2.75. The molecule has 2 N–H and O–H groups in total. The van der Waals surface area contributed by atoms with Crippen molar-refractivity contribution in [3.05, 3.63) is 35.9 Å². The highest BCUT2D eigenvalue weighted by molar-refractivity contribution is 5.28. The first-order valence-corrected chi connectivity index (χ1v) is 8.27. The molecule has 1 aliphatic heterocycles. The van der Waals surface area contributed by atoms with E-state index in [4.69, 9.17) is 5.73 Å². The number of rotatable bonds is 6. The molecule has 0 aromatic heterocycles. The van der Waals surface area contributed by atoms with Crippen LogP contribution >= 0.6 is 0 Å². The molecular formula is C18H28N2. The molecule has 2 fully saturated rings. The van der Waals surface area contributed by atoms with Crippen molar-refractivity contribution in [1.29, 1.82) is 0 Å². The van der Waals surface area contributed by atoms with Crippen molar-refractivity contribution in [3.8, 4) is 0 Å². The monoisotopic (exact) mass is 272 g/mol. The lowest BCUT2D eigenvalue weighted by Crippen LogP contribution is -2.31. The first kappa shape index (κ1) is 14.1. The molecule has 1 heterocycles. The van der Waals surface area contributed by atoms with Gasteiger partial charge >= 0.3 is 0 Å². The third-order valence-corrected chi connectivity index (χ3v) is 5.38. The SMILES string of the molecule is CCCC1(CCN)CCN(C2CC2c2ccccc2)C1. The van der Waals surface area contributed by atoms with E-state index >= 15 is 0 Å². The molecule has 3 rings (SSSR count). The maximum Gasteiger partial charge on any atom is 0.0171 e. The van der Waals surface area contributed by atoms with Gasteiger partial charge in [0.1, 0.15) is 0 Å². The zero-order valence-corrected chi connectivity index (χ0v) is 12.7. The molecule has 1 saturated carbocycles. The Morgan fingerprint density at radius 1 is 1.25 bits per heavy atom. The van der Waals surface area contributed by atoms with Gasteiger partial charge in [0.25, 0.3) is 0 Å². The van der Waals surface area contributed by atoms with Crippen LogP contribution in [0.15, 0.2) is 30.3 Å². The third-order valence-electron chi connectivity index (χ3n) is 5.38. The molecule has 1 saturated heterocycles. The van der Waals surface area contributed by atoms with Gasteiger partial charge in [-0.3, -0.25) is 4.90 Å². The predicted molar refractivity (Wildman–Crippen MR) is 84.8 cm³/mol. The van der Waals surface area contributed by atoms with Gasteiger partial charge in [0.05, 0.1) is 0 Å². The van der Waals surface area contributed by atoms with Crippen LogP contribution in [0.2, 0.25) is 0 Å². The average molecular weight is 272 g/mol. The van der Waals surface area contributed by atoms with Crippen LogP contribution in [0.5, 0.6) is 0 Å². The molecule has 3 atom stereocenters. The van der Waals surface area contributed by atoms with Crippen molar-refractivity contribution < 1.29 is 0 Å². The summed E-state index contributed by atoms with van der Waals surface area (Å²) in [5, 5.41) is 0. The Labute approximate surface area is 123 Å². The Balaban J connectivity index is 1.61. The molecule has 3 unspecified atom stereocenters. The second-order valence-corrected chi connectivity index (χ2v) is 6.83. The number of likely N-dealkylation sites (tertiary alicyclic amines) is 1. The Morgan fingerprint density at radius 2 is 2.05 bits per heavy atom. The number of hydrogen-bond acceptors (Lipinski definition) is 2. The van der Waals surface area contributed by atoms with Crippen LogP contribution in [0.4, 0.5) is 0 Å². The molecule has 20 heavy (non-hydrogen) atoms. The second kappa shape index (κ2) is 5.87. The Hall–Kier alpha value is -0.860. The Kier molecular flexibility index (Phi) is 4.13. The van der Waals surface area contributed by atoms with Gasteiger partial charge in [-0.15, -0.1) is 0 Å². The van der Waals surface area contributed by atoms with Gasteiger partial charge in [-0.1, -0.05) is 43.7 Å². The molecule has 2 aliphatic rings. The minimum Gasteiger partial charge on any atom is -0.330 e. The summed E-state index contributed by atoms with van der Waals surface area (Å²) in [6.45, 7) is 5.73. The minimum atomic E-state index is 0.521. The molecule has 2 heteroatoms. The molecule has 1 aromatic rings. The van der Waals surface area contributed by atoms with Crippen molar-refractivity contribution in [3.63, 3.8) is 0 Å². The van der Waals surface area contributed by atoms with Crippen molar-refractivity contribution in [2.75, 3.05) is 19.6 Å². The van der Waals surface area contributed by atoms with Gasteiger partial charge < -0.3 is 5.73 Å². The molecule has 0 amide bonds. The number of benzene rings is 1. The van der Waals surface area contributed by atoms with Crippen LogP contribution in [0.1, 0.15) is 50.5 Å². The summed E-state index contributed by atoms with van der Waals surface area (Å²) in [6.07, 6.45) is 6.56. The maximum absolute atomic E-state index is 5.86. The molecule has 1 aliphatic carbocycles. The van der Waals surface area contributed by atoms with E-state index in [1.54, 1.807) is 0 Å². The van der Waals surface area contributed by atoms with Crippen LogP contribution in [0, 0.1) is 5.41 Å². The standard InChI is InChI=1S/C18H28N2/c1-2-8-18(9-11-19)10-12-20(14-18)17-13-16(17)15-6-4-3-5-7-15/h3-7,16-17H,2,8-14,19H2,1H3. The van der Waals surface area contributed by atoms with Gasteiger partial charge in [0.15, 0.2) is 0 Å². The maximum atomic E-state index is 5.86. The second-order valence-electron chi connectivity index (χ2n) is 6.83. The predicted octanol–water partition coefficient (Wildman–Crippen LogP) is 3.38. The van der Waals surface area contributed by atoms with Crippen molar-refractivity contribution >= 4 is 0 Å². The third kappa shape index (κ3) is 2.77. The molecule has 1 aromatic carbocycles. The van der Waals surface area contributed by atoms with Crippen molar-refractivity contribution in [1.82, 2.24) is 4.90 Å². The van der Waals surface area contributed by atoms with Crippen LogP contribution in [-0.2, 0) is 0 Å². The van der Waals surface area contributed by atoms with Crippen LogP contribution in [0.25, 0.3) is 0 Å². The van der Waals surface area contributed by atoms with Gasteiger partial charge in [0, 0.05) is 18.5 Å².